The Labute approximate surface area is 124 Å². The summed E-state index contributed by atoms with van der Waals surface area (Å²) >= 11 is 0. The predicted molar refractivity (Wildman–Crippen MR) is 77.4 cm³/mol. The number of piperazine rings is 1. The molecule has 21 heavy (non-hydrogen) atoms. The molecule has 1 aliphatic rings. The molecule has 1 fully saturated rings. The number of aromatic nitrogens is 4. The lowest BCUT2D eigenvalue weighted by Crippen LogP contribution is -2.50. The molecule has 2 aromatic heterocycles. The Kier molecular flexibility index (Phi) is 4.03. The summed E-state index contributed by atoms with van der Waals surface area (Å²) < 4.78 is 7.31. The lowest BCUT2D eigenvalue weighted by molar-refractivity contribution is 0.0680. The van der Waals surface area contributed by atoms with Crippen LogP contribution >= 0.6 is 0 Å². The largest absolute Gasteiger partial charge is 0.424 e. The number of nitrogens with zero attached hydrogens (tertiary/aromatic N) is 6. The van der Waals surface area contributed by atoms with E-state index in [2.05, 4.69) is 38.2 Å². The highest BCUT2D eigenvalue weighted by Gasteiger charge is 2.25. The van der Waals surface area contributed by atoms with Crippen molar-refractivity contribution in [3.63, 3.8) is 0 Å². The molecule has 3 heterocycles. The van der Waals surface area contributed by atoms with Gasteiger partial charge in [0.2, 0.25) is 11.8 Å². The molecule has 114 valence electrons. The van der Waals surface area contributed by atoms with Gasteiger partial charge in [0.15, 0.2) is 0 Å². The zero-order valence-electron chi connectivity index (χ0n) is 12.9. The Bertz CT molecular complexity index is 592. The van der Waals surface area contributed by atoms with Gasteiger partial charge in [0, 0.05) is 58.0 Å². The van der Waals surface area contributed by atoms with Crippen molar-refractivity contribution >= 4 is 0 Å². The molecule has 7 nitrogen and oxygen atoms in total. The summed E-state index contributed by atoms with van der Waals surface area (Å²) in [5.74, 6) is 1.34. The SMILES string of the molecule is Cc1nnc(CN2CCN(Cc3cnn(C)c3)C(C)C2)o1. The lowest BCUT2D eigenvalue weighted by Gasteiger charge is -2.39. The highest BCUT2D eigenvalue weighted by atomic mass is 16.4. The van der Waals surface area contributed by atoms with E-state index < -0.39 is 0 Å². The summed E-state index contributed by atoms with van der Waals surface area (Å²) in [5.41, 5.74) is 1.27. The van der Waals surface area contributed by atoms with Crippen LogP contribution in [0.1, 0.15) is 24.3 Å². The third-order valence-corrected chi connectivity index (χ3v) is 3.92. The van der Waals surface area contributed by atoms with Gasteiger partial charge in [-0.05, 0) is 6.92 Å². The third-order valence-electron chi connectivity index (χ3n) is 3.92. The fourth-order valence-corrected chi connectivity index (χ4v) is 2.83. The summed E-state index contributed by atoms with van der Waals surface area (Å²) in [6.45, 7) is 8.87. The summed E-state index contributed by atoms with van der Waals surface area (Å²) in [4.78, 5) is 4.87. The molecule has 0 aliphatic carbocycles. The molecule has 0 saturated carbocycles. The van der Waals surface area contributed by atoms with Crippen molar-refractivity contribution in [2.45, 2.75) is 33.0 Å². The number of hydrogen-bond acceptors (Lipinski definition) is 6. The van der Waals surface area contributed by atoms with Gasteiger partial charge >= 0.3 is 0 Å². The topological polar surface area (TPSA) is 63.2 Å². The van der Waals surface area contributed by atoms with Crippen molar-refractivity contribution in [2.75, 3.05) is 19.6 Å². The van der Waals surface area contributed by atoms with Crippen molar-refractivity contribution in [3.8, 4) is 0 Å². The molecular formula is C14H22N6O. The average Bonchev–Trinajstić information content (AvgIpc) is 3.02. The van der Waals surface area contributed by atoms with Crippen molar-refractivity contribution in [2.24, 2.45) is 7.05 Å². The maximum atomic E-state index is 5.46. The van der Waals surface area contributed by atoms with Gasteiger partial charge < -0.3 is 4.42 Å². The smallest absolute Gasteiger partial charge is 0.230 e. The van der Waals surface area contributed by atoms with E-state index in [1.807, 2.05) is 24.9 Å². The van der Waals surface area contributed by atoms with Crippen LogP contribution in [0.4, 0.5) is 0 Å². The first kappa shape index (κ1) is 14.2. The highest BCUT2D eigenvalue weighted by molar-refractivity contribution is 5.04. The van der Waals surface area contributed by atoms with Crippen LogP contribution in [0.5, 0.6) is 0 Å². The van der Waals surface area contributed by atoms with E-state index in [1.165, 1.54) is 5.56 Å². The Morgan fingerprint density at radius 1 is 1.29 bits per heavy atom. The minimum absolute atomic E-state index is 0.503. The molecule has 0 radical (unpaired) electrons. The van der Waals surface area contributed by atoms with E-state index in [-0.39, 0.29) is 0 Å². The highest BCUT2D eigenvalue weighted by Crippen LogP contribution is 2.15. The fourth-order valence-electron chi connectivity index (χ4n) is 2.83. The van der Waals surface area contributed by atoms with Crippen LogP contribution in [0.3, 0.4) is 0 Å². The normalized spacial score (nSPS) is 21.0. The molecule has 1 unspecified atom stereocenters. The standard InChI is InChI=1S/C14H22N6O/c1-11-7-19(10-14-17-16-12(2)21-14)4-5-20(11)9-13-6-15-18(3)8-13/h6,8,11H,4-5,7,9-10H2,1-3H3. The molecule has 7 heteroatoms. The molecule has 2 aromatic rings. The molecule has 0 bridgehead atoms. The first-order valence-electron chi connectivity index (χ1n) is 7.33. The molecule has 0 spiro atoms. The van der Waals surface area contributed by atoms with Crippen molar-refractivity contribution in [1.82, 2.24) is 29.8 Å². The minimum Gasteiger partial charge on any atom is -0.424 e. The van der Waals surface area contributed by atoms with Crippen molar-refractivity contribution < 1.29 is 4.42 Å². The molecule has 0 amide bonds. The monoisotopic (exact) mass is 290 g/mol. The first-order valence-corrected chi connectivity index (χ1v) is 7.33. The predicted octanol–water partition coefficient (Wildman–Crippen LogP) is 0.818. The van der Waals surface area contributed by atoms with Gasteiger partial charge in [-0.25, -0.2) is 0 Å². The maximum Gasteiger partial charge on any atom is 0.230 e. The Hall–Kier alpha value is -1.73. The van der Waals surface area contributed by atoms with Gasteiger partial charge in [-0.3, -0.25) is 14.5 Å². The van der Waals surface area contributed by atoms with Crippen LogP contribution in [0.25, 0.3) is 0 Å². The number of aryl methyl sites for hydroxylation is 2. The Morgan fingerprint density at radius 3 is 2.76 bits per heavy atom. The van der Waals surface area contributed by atoms with Crippen molar-refractivity contribution in [3.05, 3.63) is 29.7 Å². The molecule has 0 aromatic carbocycles. The second-order valence-corrected chi connectivity index (χ2v) is 5.79. The fraction of sp³-hybridized carbons (Fsp3) is 0.643. The second-order valence-electron chi connectivity index (χ2n) is 5.79. The quantitative estimate of drug-likeness (QED) is 0.830. The molecule has 0 N–H and O–H groups in total. The number of rotatable bonds is 4. The van der Waals surface area contributed by atoms with Crippen LogP contribution in [0.15, 0.2) is 16.8 Å². The van der Waals surface area contributed by atoms with Gasteiger partial charge in [-0.2, -0.15) is 5.10 Å². The average molecular weight is 290 g/mol. The Morgan fingerprint density at radius 2 is 2.14 bits per heavy atom. The van der Waals surface area contributed by atoms with Crippen LogP contribution < -0.4 is 0 Å². The summed E-state index contributed by atoms with van der Waals surface area (Å²) in [6.07, 6.45) is 4.03. The van der Waals surface area contributed by atoms with Crippen molar-refractivity contribution in [1.29, 1.82) is 0 Å². The van der Waals surface area contributed by atoms with Gasteiger partial charge in [-0.15, -0.1) is 10.2 Å². The van der Waals surface area contributed by atoms with E-state index >= 15 is 0 Å². The van der Waals surface area contributed by atoms with E-state index in [9.17, 15) is 0 Å². The van der Waals surface area contributed by atoms with Gasteiger partial charge in [0.25, 0.3) is 0 Å². The van der Waals surface area contributed by atoms with E-state index in [1.54, 1.807) is 0 Å². The third kappa shape index (κ3) is 3.48. The van der Waals surface area contributed by atoms with Gasteiger partial charge in [0.05, 0.1) is 12.7 Å². The maximum absolute atomic E-state index is 5.46. The first-order chi connectivity index (χ1) is 10.1. The lowest BCUT2D eigenvalue weighted by atomic mass is 10.1. The summed E-state index contributed by atoms with van der Waals surface area (Å²) in [5, 5.41) is 12.2. The molecule has 1 atom stereocenters. The molecule has 3 rings (SSSR count). The van der Waals surface area contributed by atoms with Crippen LogP contribution in [-0.4, -0.2) is 55.5 Å². The van der Waals surface area contributed by atoms with Crippen LogP contribution in [-0.2, 0) is 20.1 Å². The van der Waals surface area contributed by atoms with Gasteiger partial charge in [0.1, 0.15) is 0 Å². The molecular weight excluding hydrogens is 268 g/mol. The second kappa shape index (κ2) is 5.95. The zero-order valence-corrected chi connectivity index (χ0v) is 12.9. The summed E-state index contributed by atoms with van der Waals surface area (Å²) in [6, 6.07) is 0.503. The van der Waals surface area contributed by atoms with E-state index in [0.717, 1.165) is 32.7 Å². The molecule has 1 aliphatic heterocycles. The van der Waals surface area contributed by atoms with E-state index in [0.29, 0.717) is 17.8 Å². The minimum atomic E-state index is 0.503. The molecule has 1 saturated heterocycles. The zero-order chi connectivity index (χ0) is 14.8. The van der Waals surface area contributed by atoms with Crippen LogP contribution in [0, 0.1) is 6.92 Å². The summed E-state index contributed by atoms with van der Waals surface area (Å²) in [7, 11) is 1.96. The van der Waals surface area contributed by atoms with E-state index in [4.69, 9.17) is 4.42 Å². The van der Waals surface area contributed by atoms with Gasteiger partial charge in [-0.1, -0.05) is 0 Å². The Balaban J connectivity index is 1.54. The number of hydrogen-bond donors (Lipinski definition) is 0. The van der Waals surface area contributed by atoms with Crippen LogP contribution in [0.2, 0.25) is 0 Å².